The van der Waals surface area contributed by atoms with Crippen molar-refractivity contribution in [2.24, 2.45) is 0 Å². The summed E-state index contributed by atoms with van der Waals surface area (Å²) in [5, 5.41) is 11.8. The van der Waals surface area contributed by atoms with Crippen molar-refractivity contribution < 1.29 is 9.90 Å². The number of hydrogen-bond donors (Lipinski definition) is 2. The summed E-state index contributed by atoms with van der Waals surface area (Å²) in [5.41, 5.74) is 1.95. The Bertz CT molecular complexity index is 333. The minimum absolute atomic E-state index is 0.0592. The number of carbonyl (C=O) groups excluding carboxylic acids is 1. The molecule has 0 radical (unpaired) electrons. The smallest absolute Gasteiger partial charge is 0.220 e. The van der Waals surface area contributed by atoms with Crippen LogP contribution in [0.3, 0.4) is 0 Å². The van der Waals surface area contributed by atoms with E-state index < -0.39 is 0 Å². The van der Waals surface area contributed by atoms with E-state index in [-0.39, 0.29) is 12.5 Å². The lowest BCUT2D eigenvalue weighted by molar-refractivity contribution is -0.121. The average Bonchev–Trinajstić information content (AvgIpc) is 2.37. The Morgan fingerprint density at radius 2 is 1.82 bits per heavy atom. The summed E-state index contributed by atoms with van der Waals surface area (Å²) in [5.74, 6) is 0.115. The monoisotopic (exact) mass is 235 g/mol. The second-order valence-corrected chi connectivity index (χ2v) is 4.21. The molecule has 17 heavy (non-hydrogen) atoms. The zero-order valence-electron chi connectivity index (χ0n) is 10.4. The van der Waals surface area contributed by atoms with Crippen molar-refractivity contribution in [3.05, 3.63) is 35.4 Å². The van der Waals surface area contributed by atoms with Gasteiger partial charge in [-0.1, -0.05) is 44.0 Å². The lowest BCUT2D eigenvalue weighted by Gasteiger charge is -2.05. The van der Waals surface area contributed by atoms with Gasteiger partial charge >= 0.3 is 0 Å². The van der Waals surface area contributed by atoms with Gasteiger partial charge in [-0.05, 0) is 17.5 Å². The molecule has 0 fully saturated rings. The molecular weight excluding hydrogens is 214 g/mol. The van der Waals surface area contributed by atoms with E-state index in [0.29, 0.717) is 13.0 Å². The largest absolute Gasteiger partial charge is 0.392 e. The third-order valence-electron chi connectivity index (χ3n) is 2.70. The van der Waals surface area contributed by atoms with Crippen molar-refractivity contribution >= 4 is 5.91 Å². The first-order valence-corrected chi connectivity index (χ1v) is 6.21. The molecule has 0 spiro atoms. The van der Waals surface area contributed by atoms with Crippen molar-refractivity contribution in [2.75, 3.05) is 0 Å². The van der Waals surface area contributed by atoms with Gasteiger partial charge < -0.3 is 10.4 Å². The topological polar surface area (TPSA) is 49.3 Å². The van der Waals surface area contributed by atoms with Gasteiger partial charge in [0.05, 0.1) is 6.61 Å². The third kappa shape index (κ3) is 5.50. The van der Waals surface area contributed by atoms with Gasteiger partial charge in [0.1, 0.15) is 0 Å². The molecule has 2 N–H and O–H groups in total. The van der Waals surface area contributed by atoms with Gasteiger partial charge in [0.25, 0.3) is 0 Å². The van der Waals surface area contributed by atoms with Crippen LogP contribution in [0.4, 0.5) is 0 Å². The average molecular weight is 235 g/mol. The first-order chi connectivity index (χ1) is 8.26. The highest BCUT2D eigenvalue weighted by atomic mass is 16.3. The van der Waals surface area contributed by atoms with Crippen LogP contribution in [-0.4, -0.2) is 11.0 Å². The van der Waals surface area contributed by atoms with Gasteiger partial charge in [0, 0.05) is 13.0 Å². The van der Waals surface area contributed by atoms with Gasteiger partial charge in [0.15, 0.2) is 0 Å². The molecule has 0 aromatic heterocycles. The number of carbonyl (C=O) groups is 1. The Balaban J connectivity index is 2.27. The molecule has 94 valence electrons. The zero-order chi connectivity index (χ0) is 12.5. The molecule has 0 aliphatic carbocycles. The van der Waals surface area contributed by atoms with E-state index in [1.165, 1.54) is 0 Å². The van der Waals surface area contributed by atoms with E-state index in [1.807, 2.05) is 24.3 Å². The minimum atomic E-state index is 0.0592. The molecule has 0 saturated carbocycles. The van der Waals surface area contributed by atoms with Crippen LogP contribution in [0, 0.1) is 0 Å². The summed E-state index contributed by atoms with van der Waals surface area (Å²) in [7, 11) is 0. The second kappa shape index (κ2) is 7.85. The minimum Gasteiger partial charge on any atom is -0.392 e. The molecule has 0 heterocycles. The lowest BCUT2D eigenvalue weighted by atomic mass is 10.1. The van der Waals surface area contributed by atoms with Crippen LogP contribution >= 0.6 is 0 Å². The van der Waals surface area contributed by atoms with Crippen LogP contribution < -0.4 is 5.32 Å². The van der Waals surface area contributed by atoms with E-state index >= 15 is 0 Å². The van der Waals surface area contributed by atoms with Crippen molar-refractivity contribution in [3.8, 4) is 0 Å². The maximum Gasteiger partial charge on any atom is 0.220 e. The molecule has 0 atom stereocenters. The fourth-order valence-electron chi connectivity index (χ4n) is 1.59. The van der Waals surface area contributed by atoms with Crippen molar-refractivity contribution in [1.82, 2.24) is 5.32 Å². The van der Waals surface area contributed by atoms with E-state index in [4.69, 9.17) is 5.11 Å². The SMILES string of the molecule is CCCCCC(=O)NCc1ccc(CO)cc1. The number of aliphatic hydroxyl groups excluding tert-OH is 1. The Morgan fingerprint density at radius 3 is 2.41 bits per heavy atom. The van der Waals surface area contributed by atoms with Crippen LogP contribution in [0.5, 0.6) is 0 Å². The van der Waals surface area contributed by atoms with Crippen molar-refractivity contribution in [3.63, 3.8) is 0 Å². The van der Waals surface area contributed by atoms with Gasteiger partial charge in [-0.15, -0.1) is 0 Å². The molecule has 3 heteroatoms. The molecule has 0 aliphatic heterocycles. The summed E-state index contributed by atoms with van der Waals surface area (Å²) in [4.78, 5) is 11.5. The van der Waals surface area contributed by atoms with Crippen molar-refractivity contribution in [2.45, 2.75) is 45.8 Å². The van der Waals surface area contributed by atoms with E-state index in [2.05, 4.69) is 12.2 Å². The predicted octanol–water partition coefficient (Wildman–Crippen LogP) is 2.38. The third-order valence-corrected chi connectivity index (χ3v) is 2.70. The molecular formula is C14H21NO2. The highest BCUT2D eigenvalue weighted by Gasteiger charge is 2.00. The summed E-state index contributed by atoms with van der Waals surface area (Å²) < 4.78 is 0. The van der Waals surface area contributed by atoms with Crippen LogP contribution in [0.2, 0.25) is 0 Å². The molecule has 1 amide bonds. The normalized spacial score (nSPS) is 10.2. The molecule has 3 nitrogen and oxygen atoms in total. The van der Waals surface area contributed by atoms with Gasteiger partial charge in [-0.25, -0.2) is 0 Å². The number of amides is 1. The Hall–Kier alpha value is -1.35. The lowest BCUT2D eigenvalue weighted by Crippen LogP contribution is -2.22. The van der Waals surface area contributed by atoms with E-state index in [1.54, 1.807) is 0 Å². The molecule has 0 unspecified atom stereocenters. The quantitative estimate of drug-likeness (QED) is 0.713. The molecule has 0 bridgehead atoms. The first-order valence-electron chi connectivity index (χ1n) is 6.21. The fourth-order valence-corrected chi connectivity index (χ4v) is 1.59. The summed E-state index contributed by atoms with van der Waals surface area (Å²) >= 11 is 0. The maximum absolute atomic E-state index is 11.5. The maximum atomic E-state index is 11.5. The zero-order valence-corrected chi connectivity index (χ0v) is 10.4. The van der Waals surface area contributed by atoms with Gasteiger partial charge in [-0.3, -0.25) is 4.79 Å². The van der Waals surface area contributed by atoms with Crippen LogP contribution in [0.1, 0.15) is 43.7 Å². The Labute approximate surface area is 103 Å². The highest BCUT2D eigenvalue weighted by molar-refractivity contribution is 5.75. The van der Waals surface area contributed by atoms with Crippen LogP contribution in [0.15, 0.2) is 24.3 Å². The molecule has 0 aliphatic rings. The van der Waals surface area contributed by atoms with E-state index in [9.17, 15) is 4.79 Å². The summed E-state index contributed by atoms with van der Waals surface area (Å²) in [6.07, 6.45) is 3.82. The van der Waals surface area contributed by atoms with Crippen molar-refractivity contribution in [1.29, 1.82) is 0 Å². The van der Waals surface area contributed by atoms with Gasteiger partial charge in [-0.2, -0.15) is 0 Å². The highest BCUT2D eigenvalue weighted by Crippen LogP contribution is 2.04. The Kier molecular flexibility index (Phi) is 6.33. The molecule has 1 aromatic rings. The Morgan fingerprint density at radius 1 is 1.18 bits per heavy atom. The number of hydrogen-bond acceptors (Lipinski definition) is 2. The summed E-state index contributed by atoms with van der Waals surface area (Å²) in [6, 6.07) is 7.60. The fraction of sp³-hybridized carbons (Fsp3) is 0.500. The summed E-state index contributed by atoms with van der Waals surface area (Å²) in [6.45, 7) is 2.75. The molecule has 1 rings (SSSR count). The standard InChI is InChI=1S/C14H21NO2/c1-2-3-4-5-14(17)15-10-12-6-8-13(11-16)9-7-12/h6-9,16H,2-5,10-11H2,1H3,(H,15,17). The number of nitrogens with one attached hydrogen (secondary N) is 1. The van der Waals surface area contributed by atoms with Crippen LogP contribution in [-0.2, 0) is 17.9 Å². The number of aliphatic hydroxyl groups is 1. The number of benzene rings is 1. The molecule has 0 saturated heterocycles. The van der Waals surface area contributed by atoms with Gasteiger partial charge in [0.2, 0.25) is 5.91 Å². The van der Waals surface area contributed by atoms with E-state index in [0.717, 1.165) is 30.4 Å². The first kappa shape index (κ1) is 13.7. The van der Waals surface area contributed by atoms with Crippen LogP contribution in [0.25, 0.3) is 0 Å². The molecule has 1 aromatic carbocycles. The number of rotatable bonds is 7. The number of unbranched alkanes of at least 4 members (excludes halogenated alkanes) is 2. The second-order valence-electron chi connectivity index (χ2n) is 4.21. The predicted molar refractivity (Wildman–Crippen MR) is 68.4 cm³/mol.